The van der Waals surface area contributed by atoms with Gasteiger partial charge in [-0.2, -0.15) is 0 Å². The fraction of sp³-hybridized carbons (Fsp3) is 1.00. The molecule has 2 atom stereocenters. The lowest BCUT2D eigenvalue weighted by atomic mass is 10.0. The third-order valence-electron chi connectivity index (χ3n) is 3.79. The second-order valence-electron chi connectivity index (χ2n) is 5.25. The van der Waals surface area contributed by atoms with E-state index in [1.165, 1.54) is 25.7 Å². The first kappa shape index (κ1) is 11.4. The molecule has 0 bridgehead atoms. The molecule has 2 unspecified atom stereocenters. The van der Waals surface area contributed by atoms with Gasteiger partial charge in [0, 0.05) is 19.7 Å². The highest BCUT2D eigenvalue weighted by atomic mass is 16.5. The van der Waals surface area contributed by atoms with E-state index < -0.39 is 0 Å². The van der Waals surface area contributed by atoms with E-state index >= 15 is 0 Å². The molecular weight excluding hydrogens is 190 g/mol. The Labute approximate surface area is 92.2 Å². The first-order valence-corrected chi connectivity index (χ1v) is 6.21. The molecule has 1 saturated carbocycles. The largest absolute Gasteiger partial charge is 0.396 e. The summed E-state index contributed by atoms with van der Waals surface area (Å²) in [5.41, 5.74) is 0.430. The van der Waals surface area contributed by atoms with Crippen LogP contribution in [-0.4, -0.2) is 37.0 Å². The Morgan fingerprint density at radius 2 is 2.20 bits per heavy atom. The maximum Gasteiger partial charge on any atom is 0.0704 e. The molecule has 0 aromatic heterocycles. The van der Waals surface area contributed by atoms with Crippen LogP contribution >= 0.6 is 0 Å². The molecule has 2 aliphatic rings. The van der Waals surface area contributed by atoms with E-state index in [0.717, 1.165) is 19.5 Å². The van der Waals surface area contributed by atoms with Gasteiger partial charge in [-0.3, -0.25) is 0 Å². The van der Waals surface area contributed by atoms with Gasteiger partial charge in [0.2, 0.25) is 0 Å². The van der Waals surface area contributed by atoms with Crippen molar-refractivity contribution >= 4 is 0 Å². The third-order valence-corrected chi connectivity index (χ3v) is 3.79. The SMILES string of the molecule is CC1CCC(CNCC2(CCO)CC2)O1. The van der Waals surface area contributed by atoms with Crippen LogP contribution in [-0.2, 0) is 4.74 Å². The third kappa shape index (κ3) is 3.16. The smallest absolute Gasteiger partial charge is 0.0704 e. The lowest BCUT2D eigenvalue weighted by molar-refractivity contribution is 0.0551. The zero-order chi connectivity index (χ0) is 10.7. The summed E-state index contributed by atoms with van der Waals surface area (Å²) >= 11 is 0. The van der Waals surface area contributed by atoms with Gasteiger partial charge in [-0.1, -0.05) is 0 Å². The van der Waals surface area contributed by atoms with Crippen molar-refractivity contribution in [3.63, 3.8) is 0 Å². The van der Waals surface area contributed by atoms with E-state index in [1.54, 1.807) is 0 Å². The van der Waals surface area contributed by atoms with E-state index in [0.29, 0.717) is 24.2 Å². The molecule has 3 heteroatoms. The first-order valence-electron chi connectivity index (χ1n) is 6.21. The van der Waals surface area contributed by atoms with Crippen molar-refractivity contribution in [1.82, 2.24) is 5.32 Å². The summed E-state index contributed by atoms with van der Waals surface area (Å²) in [6.45, 7) is 4.52. The topological polar surface area (TPSA) is 41.5 Å². The molecule has 0 radical (unpaired) electrons. The van der Waals surface area contributed by atoms with Crippen LogP contribution in [0.4, 0.5) is 0 Å². The molecule has 1 saturated heterocycles. The molecule has 1 aliphatic carbocycles. The van der Waals surface area contributed by atoms with Gasteiger partial charge in [0.1, 0.15) is 0 Å². The van der Waals surface area contributed by atoms with Gasteiger partial charge in [0.25, 0.3) is 0 Å². The minimum atomic E-state index is 0.332. The Hall–Kier alpha value is -0.120. The molecule has 2 fully saturated rings. The quantitative estimate of drug-likeness (QED) is 0.699. The van der Waals surface area contributed by atoms with Crippen LogP contribution in [0.25, 0.3) is 0 Å². The van der Waals surface area contributed by atoms with Crippen LogP contribution in [0.1, 0.15) is 39.0 Å². The van der Waals surface area contributed by atoms with Crippen molar-refractivity contribution in [3.8, 4) is 0 Å². The standard InChI is InChI=1S/C12H23NO2/c1-10-2-3-11(15-10)8-13-9-12(4-5-12)6-7-14/h10-11,13-14H,2-9H2,1H3. The van der Waals surface area contributed by atoms with Crippen molar-refractivity contribution < 1.29 is 9.84 Å². The molecule has 2 rings (SSSR count). The minimum absolute atomic E-state index is 0.332. The summed E-state index contributed by atoms with van der Waals surface area (Å²) in [4.78, 5) is 0. The summed E-state index contributed by atoms with van der Waals surface area (Å²) in [7, 11) is 0. The average molecular weight is 213 g/mol. The van der Waals surface area contributed by atoms with Gasteiger partial charge < -0.3 is 15.2 Å². The normalized spacial score (nSPS) is 33.2. The van der Waals surface area contributed by atoms with Crippen LogP contribution in [0, 0.1) is 5.41 Å². The molecule has 2 N–H and O–H groups in total. The summed E-state index contributed by atoms with van der Waals surface area (Å²) < 4.78 is 5.74. The molecule has 88 valence electrons. The number of nitrogens with one attached hydrogen (secondary N) is 1. The molecule has 0 aromatic rings. The summed E-state index contributed by atoms with van der Waals surface area (Å²) in [5.74, 6) is 0. The number of hydrogen-bond acceptors (Lipinski definition) is 3. The van der Waals surface area contributed by atoms with Crippen LogP contribution in [0.5, 0.6) is 0 Å². The highest BCUT2D eigenvalue weighted by molar-refractivity contribution is 4.94. The molecule has 0 aromatic carbocycles. The van der Waals surface area contributed by atoms with Crippen molar-refractivity contribution in [1.29, 1.82) is 0 Å². The number of hydrogen-bond donors (Lipinski definition) is 2. The van der Waals surface area contributed by atoms with Gasteiger partial charge in [0.15, 0.2) is 0 Å². The summed E-state index contributed by atoms with van der Waals surface area (Å²) in [6, 6.07) is 0. The Balaban J connectivity index is 1.59. The van der Waals surface area contributed by atoms with Crippen LogP contribution in [0.15, 0.2) is 0 Å². The highest BCUT2D eigenvalue weighted by Crippen LogP contribution is 2.47. The van der Waals surface area contributed by atoms with Crippen molar-refractivity contribution in [2.24, 2.45) is 5.41 Å². The predicted octanol–water partition coefficient (Wildman–Crippen LogP) is 1.31. The fourth-order valence-electron chi connectivity index (χ4n) is 2.46. The number of aliphatic hydroxyl groups excluding tert-OH is 1. The van der Waals surface area contributed by atoms with Crippen molar-refractivity contribution in [3.05, 3.63) is 0 Å². The van der Waals surface area contributed by atoms with Crippen LogP contribution < -0.4 is 5.32 Å². The van der Waals surface area contributed by atoms with Gasteiger partial charge in [-0.25, -0.2) is 0 Å². The van der Waals surface area contributed by atoms with E-state index in [4.69, 9.17) is 9.84 Å². The summed E-state index contributed by atoms with van der Waals surface area (Å²) in [5, 5.41) is 12.4. The van der Waals surface area contributed by atoms with E-state index in [2.05, 4.69) is 12.2 Å². The predicted molar refractivity (Wildman–Crippen MR) is 59.8 cm³/mol. The molecule has 0 amide bonds. The zero-order valence-corrected chi connectivity index (χ0v) is 9.67. The number of aliphatic hydroxyl groups is 1. The monoisotopic (exact) mass is 213 g/mol. The van der Waals surface area contributed by atoms with E-state index in [1.807, 2.05) is 0 Å². The summed E-state index contributed by atoms with van der Waals surface area (Å²) in [6.07, 6.45) is 6.79. The lowest BCUT2D eigenvalue weighted by Gasteiger charge is -2.17. The first-order chi connectivity index (χ1) is 7.24. The van der Waals surface area contributed by atoms with E-state index in [-0.39, 0.29) is 0 Å². The molecular formula is C12H23NO2. The highest BCUT2D eigenvalue weighted by Gasteiger charge is 2.41. The maximum absolute atomic E-state index is 8.93. The second kappa shape index (κ2) is 4.81. The van der Waals surface area contributed by atoms with E-state index in [9.17, 15) is 0 Å². The Morgan fingerprint density at radius 1 is 1.40 bits per heavy atom. The Kier molecular flexibility index (Phi) is 3.65. The van der Waals surface area contributed by atoms with Gasteiger partial charge in [0.05, 0.1) is 12.2 Å². The van der Waals surface area contributed by atoms with Gasteiger partial charge in [-0.15, -0.1) is 0 Å². The number of rotatable bonds is 6. The number of ether oxygens (including phenoxy) is 1. The molecule has 0 spiro atoms. The fourth-order valence-corrected chi connectivity index (χ4v) is 2.46. The molecule has 1 heterocycles. The molecule has 15 heavy (non-hydrogen) atoms. The van der Waals surface area contributed by atoms with Crippen LogP contribution in [0.2, 0.25) is 0 Å². The maximum atomic E-state index is 8.93. The minimum Gasteiger partial charge on any atom is -0.396 e. The van der Waals surface area contributed by atoms with Crippen LogP contribution in [0.3, 0.4) is 0 Å². The Bertz CT molecular complexity index is 204. The average Bonchev–Trinajstić information content (AvgIpc) is 2.83. The molecule has 3 nitrogen and oxygen atoms in total. The second-order valence-corrected chi connectivity index (χ2v) is 5.25. The Morgan fingerprint density at radius 3 is 2.73 bits per heavy atom. The lowest BCUT2D eigenvalue weighted by Crippen LogP contribution is -2.32. The van der Waals surface area contributed by atoms with Gasteiger partial charge in [-0.05, 0) is 44.4 Å². The van der Waals surface area contributed by atoms with Gasteiger partial charge >= 0.3 is 0 Å². The van der Waals surface area contributed by atoms with Crippen molar-refractivity contribution in [2.75, 3.05) is 19.7 Å². The molecule has 1 aliphatic heterocycles. The van der Waals surface area contributed by atoms with Crippen molar-refractivity contribution in [2.45, 2.75) is 51.2 Å². The zero-order valence-electron chi connectivity index (χ0n) is 9.67.